The quantitative estimate of drug-likeness (QED) is 0.625. The normalized spacial score (nSPS) is 14.1. The molecule has 0 aliphatic carbocycles. The largest absolute Gasteiger partial charge is 0.496 e. The number of methoxy groups -OCH3 is 1. The number of aliphatic hydroxyl groups excluding tert-OH is 1. The summed E-state index contributed by atoms with van der Waals surface area (Å²) in [7, 11) is 1.55. The van der Waals surface area contributed by atoms with Crippen LogP contribution in [-0.2, 0) is 22.6 Å². The Hall–Kier alpha value is -3.30. The second-order valence-electron chi connectivity index (χ2n) is 6.89. The summed E-state index contributed by atoms with van der Waals surface area (Å²) in [6.45, 7) is 2.34. The number of rotatable bonds is 6. The van der Waals surface area contributed by atoms with Gasteiger partial charge in [0.15, 0.2) is 5.65 Å². The second kappa shape index (κ2) is 8.60. The molecule has 3 heterocycles. The number of fused-ring (bicyclic) bond motifs is 1. The number of carboxylic acids is 1. The van der Waals surface area contributed by atoms with Gasteiger partial charge in [0.25, 0.3) is 0 Å². The number of aromatic nitrogens is 3. The number of nitrogens with zero attached hydrogens (tertiary/aromatic N) is 4. The van der Waals surface area contributed by atoms with Crippen LogP contribution in [0.5, 0.6) is 5.75 Å². The number of aliphatic carboxylic acids is 1. The van der Waals surface area contributed by atoms with Gasteiger partial charge < -0.3 is 24.6 Å². The van der Waals surface area contributed by atoms with E-state index in [4.69, 9.17) is 9.47 Å². The van der Waals surface area contributed by atoms with Crippen molar-refractivity contribution in [2.45, 2.75) is 13.0 Å². The van der Waals surface area contributed by atoms with Crippen molar-refractivity contribution >= 4 is 22.8 Å². The number of morpholine rings is 1. The monoisotopic (exact) mass is 410 g/mol. The molecule has 1 aliphatic rings. The molecule has 1 saturated heterocycles. The molecule has 4 rings (SSSR count). The van der Waals surface area contributed by atoms with E-state index in [1.54, 1.807) is 13.2 Å². The Bertz CT molecular complexity index is 1080. The van der Waals surface area contributed by atoms with Crippen LogP contribution in [0.3, 0.4) is 0 Å². The molecule has 0 bridgehead atoms. The van der Waals surface area contributed by atoms with Crippen molar-refractivity contribution in [3.63, 3.8) is 0 Å². The van der Waals surface area contributed by atoms with Crippen LogP contribution in [0.2, 0.25) is 0 Å². The Balaban J connectivity index is 1.82. The van der Waals surface area contributed by atoms with Crippen LogP contribution >= 0.6 is 0 Å². The highest BCUT2D eigenvalue weighted by Crippen LogP contribution is 2.29. The topological polar surface area (TPSA) is 118 Å². The molecule has 0 atom stereocenters. The molecule has 2 aromatic heterocycles. The molecule has 2 N–H and O–H groups in total. The Morgan fingerprint density at radius 2 is 1.97 bits per heavy atom. The first-order valence-corrected chi connectivity index (χ1v) is 9.59. The van der Waals surface area contributed by atoms with E-state index in [1.807, 2.05) is 24.3 Å². The molecule has 0 radical (unpaired) electrons. The van der Waals surface area contributed by atoms with Crippen LogP contribution in [0.1, 0.15) is 11.4 Å². The molecule has 30 heavy (non-hydrogen) atoms. The van der Waals surface area contributed by atoms with Gasteiger partial charge in [-0.2, -0.15) is 0 Å². The van der Waals surface area contributed by atoms with Crippen molar-refractivity contribution in [1.29, 1.82) is 0 Å². The van der Waals surface area contributed by atoms with Crippen LogP contribution in [-0.4, -0.2) is 64.5 Å². The maximum absolute atomic E-state index is 11.2. The third-order valence-corrected chi connectivity index (χ3v) is 4.95. The number of hydrogen-bond donors (Lipinski definition) is 2. The van der Waals surface area contributed by atoms with Gasteiger partial charge in [-0.25, -0.2) is 15.0 Å². The third-order valence-electron chi connectivity index (χ3n) is 4.95. The van der Waals surface area contributed by atoms with Crippen LogP contribution < -0.4 is 9.64 Å². The maximum Gasteiger partial charge on any atom is 0.311 e. The zero-order valence-electron chi connectivity index (χ0n) is 16.5. The molecule has 1 aliphatic heterocycles. The zero-order valence-corrected chi connectivity index (χ0v) is 16.5. The van der Waals surface area contributed by atoms with Crippen LogP contribution in [0.25, 0.3) is 22.3 Å². The molecule has 1 fully saturated rings. The van der Waals surface area contributed by atoms with Gasteiger partial charge in [-0.1, -0.05) is 0 Å². The van der Waals surface area contributed by atoms with Crippen molar-refractivity contribution in [1.82, 2.24) is 15.0 Å². The third kappa shape index (κ3) is 4.03. The lowest BCUT2D eigenvalue weighted by atomic mass is 10.1. The summed E-state index contributed by atoms with van der Waals surface area (Å²) in [5.74, 6) is 0.486. The summed E-state index contributed by atoms with van der Waals surface area (Å²) in [6.07, 6.45) is -0.281. The molecule has 0 spiro atoms. The number of hydrogen-bond acceptors (Lipinski definition) is 8. The van der Waals surface area contributed by atoms with E-state index in [9.17, 15) is 15.0 Å². The number of benzene rings is 1. The Kier molecular flexibility index (Phi) is 5.73. The molecule has 9 heteroatoms. The zero-order chi connectivity index (χ0) is 21.1. The minimum absolute atomic E-state index is 0.156. The summed E-state index contributed by atoms with van der Waals surface area (Å²) in [4.78, 5) is 26.9. The molecule has 9 nitrogen and oxygen atoms in total. The van der Waals surface area contributed by atoms with Crippen molar-refractivity contribution in [3.8, 4) is 17.0 Å². The van der Waals surface area contributed by atoms with Crippen molar-refractivity contribution in [2.24, 2.45) is 0 Å². The summed E-state index contributed by atoms with van der Waals surface area (Å²) in [6, 6.07) is 9.22. The van der Waals surface area contributed by atoms with Gasteiger partial charge in [0.1, 0.15) is 23.8 Å². The fourth-order valence-electron chi connectivity index (χ4n) is 3.49. The van der Waals surface area contributed by atoms with E-state index in [0.29, 0.717) is 54.8 Å². The van der Waals surface area contributed by atoms with Gasteiger partial charge in [0.2, 0.25) is 0 Å². The number of pyridine rings is 1. The summed E-state index contributed by atoms with van der Waals surface area (Å²) >= 11 is 0. The number of carboxylic acid groups (broad SMARTS) is 1. The Morgan fingerprint density at radius 3 is 2.67 bits per heavy atom. The predicted octanol–water partition coefficient (Wildman–Crippen LogP) is 1.66. The van der Waals surface area contributed by atoms with Gasteiger partial charge in [-0.15, -0.1) is 0 Å². The van der Waals surface area contributed by atoms with Gasteiger partial charge in [-0.05, 0) is 30.3 Å². The Morgan fingerprint density at radius 1 is 1.17 bits per heavy atom. The molecule has 0 amide bonds. The maximum atomic E-state index is 11.2. The van der Waals surface area contributed by atoms with Crippen LogP contribution in [0.15, 0.2) is 30.3 Å². The molecule has 156 valence electrons. The second-order valence-corrected chi connectivity index (χ2v) is 6.89. The van der Waals surface area contributed by atoms with E-state index in [1.165, 1.54) is 0 Å². The van der Waals surface area contributed by atoms with Crippen molar-refractivity contribution in [2.75, 3.05) is 38.3 Å². The van der Waals surface area contributed by atoms with Crippen LogP contribution in [0.4, 0.5) is 5.82 Å². The average molecular weight is 410 g/mol. The van der Waals surface area contributed by atoms with E-state index < -0.39 is 5.97 Å². The number of carbonyl (C=O) groups is 1. The Labute approximate surface area is 172 Å². The number of anilines is 1. The van der Waals surface area contributed by atoms with Gasteiger partial charge >= 0.3 is 5.97 Å². The van der Waals surface area contributed by atoms with E-state index in [2.05, 4.69) is 19.9 Å². The van der Waals surface area contributed by atoms with Crippen LogP contribution in [0, 0.1) is 0 Å². The molecule has 3 aromatic rings. The first-order valence-electron chi connectivity index (χ1n) is 9.59. The molecular formula is C21H22N4O5. The molecule has 0 unspecified atom stereocenters. The standard InChI is InChI=1S/C21H22N4O5/c1-29-17-5-2-13(10-14(17)12-26)16-4-3-15-20(22-16)23-18(11-19(27)28)24-21(15)25-6-8-30-9-7-25/h2-5,10,26H,6-9,11-12H2,1H3,(H,27,28). The number of ether oxygens (including phenoxy) is 2. The summed E-state index contributed by atoms with van der Waals surface area (Å²) < 4.78 is 10.7. The molecular weight excluding hydrogens is 388 g/mol. The number of aliphatic hydroxyl groups is 1. The van der Waals surface area contributed by atoms with E-state index in [0.717, 1.165) is 10.9 Å². The van der Waals surface area contributed by atoms with Crippen molar-refractivity contribution in [3.05, 3.63) is 41.7 Å². The minimum Gasteiger partial charge on any atom is -0.496 e. The van der Waals surface area contributed by atoms with E-state index >= 15 is 0 Å². The molecule has 0 saturated carbocycles. The first-order chi connectivity index (χ1) is 14.6. The molecule has 1 aromatic carbocycles. The smallest absolute Gasteiger partial charge is 0.311 e. The lowest BCUT2D eigenvalue weighted by Gasteiger charge is -2.28. The highest BCUT2D eigenvalue weighted by atomic mass is 16.5. The van der Waals surface area contributed by atoms with Gasteiger partial charge in [0, 0.05) is 24.2 Å². The SMILES string of the molecule is COc1ccc(-c2ccc3c(N4CCOCC4)nc(CC(=O)O)nc3n2)cc1CO. The summed E-state index contributed by atoms with van der Waals surface area (Å²) in [5, 5.41) is 19.6. The highest BCUT2D eigenvalue weighted by Gasteiger charge is 2.19. The highest BCUT2D eigenvalue weighted by molar-refractivity contribution is 5.89. The van der Waals surface area contributed by atoms with Gasteiger partial charge in [-0.3, -0.25) is 4.79 Å². The van der Waals surface area contributed by atoms with Gasteiger partial charge in [0.05, 0.1) is 38.0 Å². The minimum atomic E-state index is -0.999. The lowest BCUT2D eigenvalue weighted by molar-refractivity contribution is -0.136. The first kappa shape index (κ1) is 20.0. The fourth-order valence-corrected chi connectivity index (χ4v) is 3.49. The lowest BCUT2D eigenvalue weighted by Crippen LogP contribution is -2.37. The average Bonchev–Trinajstić information content (AvgIpc) is 2.77. The fraction of sp³-hybridized carbons (Fsp3) is 0.333. The van der Waals surface area contributed by atoms with E-state index in [-0.39, 0.29) is 18.9 Å². The summed E-state index contributed by atoms with van der Waals surface area (Å²) in [5.41, 5.74) is 2.54. The predicted molar refractivity (Wildman–Crippen MR) is 110 cm³/mol. The van der Waals surface area contributed by atoms with Crippen molar-refractivity contribution < 1.29 is 24.5 Å².